The fourth-order valence-electron chi connectivity index (χ4n) is 1.02. The first-order valence-electron chi connectivity index (χ1n) is 3.58. The third-order valence-corrected chi connectivity index (χ3v) is 1.61. The quantitative estimate of drug-likeness (QED) is 0.386. The molecule has 3 nitrogen and oxygen atoms in total. The van der Waals surface area contributed by atoms with Crippen molar-refractivity contribution < 1.29 is 0 Å². The molecule has 3 N–H and O–H groups in total. The zero-order chi connectivity index (χ0) is 7.40. The maximum atomic E-state index is 7.14. The lowest BCUT2D eigenvalue weighted by atomic mass is 10.2. The normalized spacial score (nSPS) is 18.6. The van der Waals surface area contributed by atoms with E-state index in [1.165, 1.54) is 6.42 Å². The first kappa shape index (κ1) is 7.12. The van der Waals surface area contributed by atoms with Gasteiger partial charge in [-0.25, -0.2) is 0 Å². The molecule has 1 aliphatic rings. The van der Waals surface area contributed by atoms with Crippen molar-refractivity contribution in [1.29, 1.82) is 5.41 Å². The van der Waals surface area contributed by atoms with Gasteiger partial charge in [-0.1, -0.05) is 6.08 Å². The molecule has 0 saturated heterocycles. The van der Waals surface area contributed by atoms with Gasteiger partial charge in [-0.05, 0) is 19.3 Å². The summed E-state index contributed by atoms with van der Waals surface area (Å²) in [6.45, 7) is 0.895. The molecule has 0 unspecified atom stereocenters. The van der Waals surface area contributed by atoms with Crippen molar-refractivity contribution in [3.63, 3.8) is 0 Å². The zero-order valence-electron chi connectivity index (χ0n) is 6.01. The Kier molecular flexibility index (Phi) is 2.31. The van der Waals surface area contributed by atoms with Crippen LogP contribution in [0.25, 0.3) is 0 Å². The van der Waals surface area contributed by atoms with Gasteiger partial charge in [-0.15, -0.1) is 0 Å². The van der Waals surface area contributed by atoms with E-state index in [-0.39, 0.29) is 5.96 Å². The van der Waals surface area contributed by atoms with Gasteiger partial charge in [0.15, 0.2) is 5.96 Å². The molecule has 1 aliphatic heterocycles. The van der Waals surface area contributed by atoms with Crippen LogP contribution < -0.4 is 5.73 Å². The third-order valence-electron chi connectivity index (χ3n) is 1.61. The molecule has 0 fully saturated rings. The molecule has 0 amide bonds. The van der Waals surface area contributed by atoms with Crippen LogP contribution in [0.2, 0.25) is 0 Å². The zero-order valence-corrected chi connectivity index (χ0v) is 6.01. The van der Waals surface area contributed by atoms with E-state index >= 15 is 0 Å². The summed E-state index contributed by atoms with van der Waals surface area (Å²) in [4.78, 5) is 1.77. The Morgan fingerprint density at radius 2 is 2.30 bits per heavy atom. The molecule has 0 aromatic heterocycles. The number of rotatable bonds is 0. The number of hydrogen-bond donors (Lipinski definition) is 2. The van der Waals surface area contributed by atoms with E-state index in [2.05, 4.69) is 6.08 Å². The Balaban J connectivity index is 2.49. The van der Waals surface area contributed by atoms with E-state index in [0.717, 1.165) is 19.4 Å². The SMILES string of the molecule is N=C(N)N1C=CCCCC1. The number of nitrogens with one attached hydrogen (secondary N) is 1. The number of allylic oxidation sites excluding steroid dienone is 1. The second-order valence-electron chi connectivity index (χ2n) is 2.46. The molecule has 0 bridgehead atoms. The van der Waals surface area contributed by atoms with Crippen molar-refractivity contribution in [2.75, 3.05) is 6.54 Å². The van der Waals surface area contributed by atoms with Gasteiger partial charge in [0.25, 0.3) is 0 Å². The maximum Gasteiger partial charge on any atom is 0.192 e. The molecule has 1 heterocycles. The van der Waals surface area contributed by atoms with Crippen LogP contribution >= 0.6 is 0 Å². The van der Waals surface area contributed by atoms with Crippen molar-refractivity contribution in [2.45, 2.75) is 19.3 Å². The lowest BCUT2D eigenvalue weighted by Crippen LogP contribution is -2.32. The van der Waals surface area contributed by atoms with Crippen LogP contribution in [0.15, 0.2) is 12.3 Å². The molecular weight excluding hydrogens is 126 g/mol. The molecule has 0 spiro atoms. The van der Waals surface area contributed by atoms with Crippen LogP contribution in [0, 0.1) is 5.41 Å². The average Bonchev–Trinajstić information content (AvgIpc) is 2.12. The summed E-state index contributed by atoms with van der Waals surface area (Å²) >= 11 is 0. The van der Waals surface area contributed by atoms with Crippen LogP contribution in [0.5, 0.6) is 0 Å². The monoisotopic (exact) mass is 139 g/mol. The molecular formula is C7H13N3. The fourth-order valence-corrected chi connectivity index (χ4v) is 1.02. The van der Waals surface area contributed by atoms with E-state index in [9.17, 15) is 0 Å². The van der Waals surface area contributed by atoms with Gasteiger partial charge in [0.05, 0.1) is 0 Å². The first-order chi connectivity index (χ1) is 4.80. The third kappa shape index (κ3) is 1.76. The van der Waals surface area contributed by atoms with Gasteiger partial charge in [-0.3, -0.25) is 5.41 Å². The van der Waals surface area contributed by atoms with E-state index in [1.54, 1.807) is 4.90 Å². The van der Waals surface area contributed by atoms with Gasteiger partial charge in [-0.2, -0.15) is 0 Å². The predicted octanol–water partition coefficient (Wildman–Crippen LogP) is 0.879. The minimum absolute atomic E-state index is 0.151. The summed E-state index contributed by atoms with van der Waals surface area (Å²) in [6, 6.07) is 0. The van der Waals surface area contributed by atoms with Crippen LogP contribution in [0.3, 0.4) is 0 Å². The van der Waals surface area contributed by atoms with Gasteiger partial charge < -0.3 is 10.6 Å². The summed E-state index contributed by atoms with van der Waals surface area (Å²) in [5.74, 6) is 0.151. The Morgan fingerprint density at radius 3 is 3.00 bits per heavy atom. The highest BCUT2D eigenvalue weighted by Gasteiger charge is 2.03. The van der Waals surface area contributed by atoms with E-state index in [1.807, 2.05) is 6.20 Å². The molecule has 0 atom stereocenters. The minimum Gasteiger partial charge on any atom is -0.370 e. The van der Waals surface area contributed by atoms with Gasteiger partial charge in [0.2, 0.25) is 0 Å². The lowest BCUT2D eigenvalue weighted by Gasteiger charge is -2.15. The van der Waals surface area contributed by atoms with Crippen LogP contribution in [-0.4, -0.2) is 17.4 Å². The van der Waals surface area contributed by atoms with Gasteiger partial charge in [0, 0.05) is 12.7 Å². The number of guanidine groups is 1. The smallest absolute Gasteiger partial charge is 0.192 e. The Hall–Kier alpha value is -0.990. The van der Waals surface area contributed by atoms with Crippen molar-refractivity contribution in [2.24, 2.45) is 5.73 Å². The van der Waals surface area contributed by atoms with Crippen molar-refractivity contribution in [3.8, 4) is 0 Å². The number of hydrogen-bond acceptors (Lipinski definition) is 1. The van der Waals surface area contributed by atoms with Gasteiger partial charge in [0.1, 0.15) is 0 Å². The number of nitrogens with zero attached hydrogens (tertiary/aromatic N) is 1. The summed E-state index contributed by atoms with van der Waals surface area (Å²) in [7, 11) is 0. The molecule has 0 radical (unpaired) electrons. The second-order valence-corrected chi connectivity index (χ2v) is 2.46. The van der Waals surface area contributed by atoms with Crippen LogP contribution in [0.4, 0.5) is 0 Å². The van der Waals surface area contributed by atoms with Crippen LogP contribution in [-0.2, 0) is 0 Å². The average molecular weight is 139 g/mol. The minimum atomic E-state index is 0.151. The molecule has 56 valence electrons. The van der Waals surface area contributed by atoms with Crippen molar-refractivity contribution >= 4 is 5.96 Å². The largest absolute Gasteiger partial charge is 0.370 e. The maximum absolute atomic E-state index is 7.14. The van der Waals surface area contributed by atoms with Crippen molar-refractivity contribution in [1.82, 2.24) is 4.90 Å². The highest BCUT2D eigenvalue weighted by Crippen LogP contribution is 2.05. The summed E-state index contributed by atoms with van der Waals surface area (Å²) in [5.41, 5.74) is 5.29. The second kappa shape index (κ2) is 3.25. The fraction of sp³-hybridized carbons (Fsp3) is 0.571. The van der Waals surface area contributed by atoms with Gasteiger partial charge >= 0.3 is 0 Å². The standard InChI is InChI=1S/C7H13N3/c8-7(9)10-5-3-1-2-4-6-10/h3,5H,1-2,4,6H2,(H3,8,9). The van der Waals surface area contributed by atoms with Crippen molar-refractivity contribution in [3.05, 3.63) is 12.3 Å². The summed E-state index contributed by atoms with van der Waals surface area (Å²) in [5, 5.41) is 7.14. The molecule has 10 heavy (non-hydrogen) atoms. The predicted molar refractivity (Wildman–Crippen MR) is 41.6 cm³/mol. The van der Waals surface area contributed by atoms with Crippen LogP contribution in [0.1, 0.15) is 19.3 Å². The first-order valence-corrected chi connectivity index (χ1v) is 3.58. The molecule has 0 aromatic rings. The lowest BCUT2D eigenvalue weighted by molar-refractivity contribution is 0.529. The van der Waals surface area contributed by atoms with E-state index in [0.29, 0.717) is 0 Å². The summed E-state index contributed by atoms with van der Waals surface area (Å²) in [6.07, 6.45) is 7.42. The highest BCUT2D eigenvalue weighted by atomic mass is 15.2. The highest BCUT2D eigenvalue weighted by molar-refractivity contribution is 5.75. The topological polar surface area (TPSA) is 53.1 Å². The molecule has 0 saturated carbocycles. The Labute approximate surface area is 61.0 Å². The van der Waals surface area contributed by atoms with E-state index in [4.69, 9.17) is 11.1 Å². The molecule has 3 heteroatoms. The number of nitrogens with two attached hydrogens (primary N) is 1. The molecule has 1 rings (SSSR count). The molecule has 0 aromatic carbocycles. The Morgan fingerprint density at radius 1 is 1.50 bits per heavy atom. The van der Waals surface area contributed by atoms with E-state index < -0.39 is 0 Å². The molecule has 0 aliphatic carbocycles. The summed E-state index contributed by atoms with van der Waals surface area (Å²) < 4.78 is 0. The Bertz CT molecular complexity index is 151.